The summed E-state index contributed by atoms with van der Waals surface area (Å²) in [6.07, 6.45) is -0.293. The monoisotopic (exact) mass is 922 g/mol. The minimum atomic E-state index is -1.69. The number of hydrogen-bond donors (Lipinski definition) is 2. The second-order valence-corrected chi connectivity index (χ2v) is 18.1. The van der Waals surface area contributed by atoms with Gasteiger partial charge < -0.3 is 34.3 Å². The maximum Gasteiger partial charge on any atom is 0.324 e. The van der Waals surface area contributed by atoms with E-state index in [2.05, 4.69) is 39.1 Å². The van der Waals surface area contributed by atoms with Crippen molar-refractivity contribution in [2.45, 2.75) is 49.2 Å². The minimum Gasteiger partial charge on any atom is -0.493 e. The summed E-state index contributed by atoms with van der Waals surface area (Å²) >= 11 is 0. The van der Waals surface area contributed by atoms with Crippen LogP contribution in [-0.4, -0.2) is 91.2 Å². The molecule has 0 radical (unpaired) electrons. The Morgan fingerprint density at radius 3 is 2.16 bits per heavy atom. The van der Waals surface area contributed by atoms with Crippen LogP contribution in [0.5, 0.6) is 17.2 Å². The van der Waals surface area contributed by atoms with E-state index >= 15 is 14.4 Å². The number of carbonyl (C=O) groups excluding carboxylic acids is 3. The highest BCUT2D eigenvalue weighted by molar-refractivity contribution is 6.12. The van der Waals surface area contributed by atoms with Gasteiger partial charge in [-0.2, -0.15) is 0 Å². The number of methoxy groups -OCH3 is 2. The molecule has 4 heterocycles. The number of benzene rings is 6. The first-order chi connectivity index (χ1) is 33.7. The molecule has 0 unspecified atom stereocenters. The number of amides is 2. The third kappa shape index (κ3) is 8.26. The van der Waals surface area contributed by atoms with Crippen molar-refractivity contribution in [1.82, 2.24) is 14.7 Å². The average Bonchev–Trinajstić information content (AvgIpc) is 3.86. The molecule has 6 atom stereocenters. The molecule has 350 valence electrons. The number of nitrogens with one attached hydrogen (secondary N) is 1. The number of nitrogens with zero attached hydrogens (tertiary/aromatic N) is 3. The number of fused-ring (bicyclic) bond motifs is 4. The molecule has 4 aliphatic heterocycles. The standard InChI is InChI=1S/C57H54N4O8/c1-59(35-38-14-7-4-8-15-38)28-13-16-37-21-26-46-45(32-37)57(56(65)58-46)49(54(63)60-29-27-42-33-47(66-2)48(67-3)34-43(42)36-60)51-55(64)69-52(40-19-11-6-12-20-40)50(39-17-9-5-10-18-39)61(51)53(57)41-22-24-44(25-23-41)68-31-30-62/h4-12,14-15,17-26,32-34,49-53,62H,27-31,35-36H2,1-3H3,(H,58,65)/t49-,50-,51-,52+,53+,57-/m1/s1. The van der Waals surface area contributed by atoms with Gasteiger partial charge in [-0.05, 0) is 94.9 Å². The van der Waals surface area contributed by atoms with Crippen molar-refractivity contribution in [2.75, 3.05) is 52.9 Å². The van der Waals surface area contributed by atoms with Crippen LogP contribution in [0.2, 0.25) is 0 Å². The molecule has 6 aromatic rings. The van der Waals surface area contributed by atoms with Crippen LogP contribution < -0.4 is 19.5 Å². The van der Waals surface area contributed by atoms with Gasteiger partial charge in [-0.3, -0.25) is 24.2 Å². The summed E-state index contributed by atoms with van der Waals surface area (Å²) in [7, 11) is 5.20. The lowest BCUT2D eigenvalue weighted by molar-refractivity contribution is -0.179. The Balaban J connectivity index is 1.17. The first-order valence-corrected chi connectivity index (χ1v) is 23.3. The van der Waals surface area contributed by atoms with Gasteiger partial charge in [0.2, 0.25) is 11.8 Å². The van der Waals surface area contributed by atoms with E-state index in [0.29, 0.717) is 59.1 Å². The van der Waals surface area contributed by atoms with Crippen molar-refractivity contribution in [3.8, 4) is 29.1 Å². The Kier molecular flexibility index (Phi) is 12.7. The van der Waals surface area contributed by atoms with Crippen LogP contribution in [0, 0.1) is 17.8 Å². The third-order valence-electron chi connectivity index (χ3n) is 14.0. The topological polar surface area (TPSA) is 130 Å². The van der Waals surface area contributed by atoms with Gasteiger partial charge in [0.1, 0.15) is 29.9 Å². The van der Waals surface area contributed by atoms with E-state index < -0.39 is 47.4 Å². The summed E-state index contributed by atoms with van der Waals surface area (Å²) in [5, 5.41) is 12.8. The molecule has 0 saturated carbocycles. The molecular weight excluding hydrogens is 869 g/mol. The maximum absolute atomic E-state index is 16.2. The smallest absolute Gasteiger partial charge is 0.324 e. The van der Waals surface area contributed by atoms with Crippen LogP contribution >= 0.6 is 0 Å². The number of aliphatic hydroxyl groups is 1. The van der Waals surface area contributed by atoms with Crippen LogP contribution in [-0.2, 0) is 44.0 Å². The molecule has 12 heteroatoms. The first-order valence-electron chi connectivity index (χ1n) is 23.3. The maximum atomic E-state index is 16.2. The van der Waals surface area contributed by atoms with Gasteiger partial charge in [0, 0.05) is 30.9 Å². The van der Waals surface area contributed by atoms with E-state index in [1.165, 1.54) is 5.56 Å². The van der Waals surface area contributed by atoms with E-state index in [9.17, 15) is 5.11 Å². The van der Waals surface area contributed by atoms with E-state index in [1.807, 2.05) is 141 Å². The summed E-state index contributed by atoms with van der Waals surface area (Å²) in [4.78, 5) is 53.5. The number of cyclic esters (lactones) is 1. The van der Waals surface area contributed by atoms with Gasteiger partial charge >= 0.3 is 5.97 Å². The molecule has 2 N–H and O–H groups in total. The van der Waals surface area contributed by atoms with Gasteiger partial charge in [-0.25, -0.2) is 0 Å². The fourth-order valence-corrected chi connectivity index (χ4v) is 11.1. The number of aliphatic hydroxyl groups excluding tert-OH is 1. The summed E-state index contributed by atoms with van der Waals surface area (Å²) < 4.78 is 23.8. The highest BCUT2D eigenvalue weighted by Gasteiger charge is 2.74. The van der Waals surface area contributed by atoms with Gasteiger partial charge in [0.05, 0.1) is 45.4 Å². The quantitative estimate of drug-likeness (QED) is 0.0946. The minimum absolute atomic E-state index is 0.0947. The molecule has 4 aliphatic rings. The molecule has 0 aromatic heterocycles. The molecule has 0 bridgehead atoms. The molecule has 12 nitrogen and oxygen atoms in total. The second-order valence-electron chi connectivity index (χ2n) is 18.1. The van der Waals surface area contributed by atoms with E-state index in [-0.39, 0.29) is 25.7 Å². The Labute approximate surface area is 402 Å². The van der Waals surface area contributed by atoms with Gasteiger partial charge in [0.15, 0.2) is 11.5 Å². The number of morpholine rings is 1. The van der Waals surface area contributed by atoms with Gasteiger partial charge in [0.25, 0.3) is 0 Å². The molecule has 2 saturated heterocycles. The Hall–Kier alpha value is -7.43. The number of esters is 1. The van der Waals surface area contributed by atoms with E-state index in [0.717, 1.165) is 28.8 Å². The fraction of sp³-hybridized carbons (Fsp3) is 0.281. The Morgan fingerprint density at radius 1 is 0.812 bits per heavy atom. The zero-order valence-electron chi connectivity index (χ0n) is 38.8. The lowest BCUT2D eigenvalue weighted by atomic mass is 9.65. The van der Waals surface area contributed by atoms with Crippen LogP contribution in [0.1, 0.15) is 62.7 Å². The van der Waals surface area contributed by atoms with Crippen LogP contribution in [0.15, 0.2) is 146 Å². The fourth-order valence-electron chi connectivity index (χ4n) is 11.1. The van der Waals surface area contributed by atoms with Gasteiger partial charge in [-0.1, -0.05) is 115 Å². The van der Waals surface area contributed by atoms with E-state index in [4.69, 9.17) is 18.9 Å². The number of hydrogen-bond acceptors (Lipinski definition) is 10. The lowest BCUT2D eigenvalue weighted by Crippen LogP contribution is -2.56. The largest absolute Gasteiger partial charge is 0.493 e. The summed E-state index contributed by atoms with van der Waals surface area (Å²) in [6.45, 7) is 1.69. The zero-order chi connectivity index (χ0) is 47.6. The molecule has 1 spiro atoms. The summed E-state index contributed by atoms with van der Waals surface area (Å²) in [6, 6.07) is 43.9. The number of anilines is 1. The molecular formula is C57H54N4O8. The number of carbonyl (C=O) groups is 3. The van der Waals surface area contributed by atoms with Crippen molar-refractivity contribution in [1.29, 1.82) is 0 Å². The van der Waals surface area contributed by atoms with Crippen molar-refractivity contribution in [2.24, 2.45) is 5.92 Å². The molecule has 2 amide bonds. The second kappa shape index (κ2) is 19.3. The normalized spacial score (nSPS) is 22.4. The predicted octanol–water partition coefficient (Wildman–Crippen LogP) is 7.41. The Bertz CT molecular complexity index is 2920. The molecule has 69 heavy (non-hydrogen) atoms. The number of rotatable bonds is 12. The zero-order valence-corrected chi connectivity index (χ0v) is 38.8. The van der Waals surface area contributed by atoms with Gasteiger partial charge in [-0.15, -0.1) is 0 Å². The molecule has 0 aliphatic carbocycles. The Morgan fingerprint density at radius 2 is 1.48 bits per heavy atom. The summed E-state index contributed by atoms with van der Waals surface area (Å²) in [5.41, 5.74) is 5.50. The number of ether oxygens (including phenoxy) is 4. The first kappa shape index (κ1) is 45.4. The predicted molar refractivity (Wildman–Crippen MR) is 260 cm³/mol. The SMILES string of the molecule is COc1cc2c(cc1OC)CN(C(=O)[C@H]1[C@@H]3C(=O)O[C@@H](c4ccccc4)[C@@H](c4ccccc4)N3[C@@H](c3ccc(OCCO)cc3)[C@]13C(=O)Nc1ccc(C#CCN(C)Cc4ccccc4)cc13)CC2. The van der Waals surface area contributed by atoms with Crippen molar-refractivity contribution in [3.05, 3.63) is 190 Å². The highest BCUT2D eigenvalue weighted by atomic mass is 16.6. The van der Waals surface area contributed by atoms with Crippen molar-refractivity contribution >= 4 is 23.5 Å². The molecule has 10 rings (SSSR count). The molecule has 2 fully saturated rings. The van der Waals surface area contributed by atoms with Crippen molar-refractivity contribution < 1.29 is 38.4 Å². The van der Waals surface area contributed by atoms with Crippen LogP contribution in [0.25, 0.3) is 0 Å². The lowest BCUT2D eigenvalue weighted by Gasteiger charge is -2.46. The summed E-state index contributed by atoms with van der Waals surface area (Å²) in [5.74, 6) is 5.78. The van der Waals surface area contributed by atoms with Crippen LogP contribution in [0.3, 0.4) is 0 Å². The average molecular weight is 923 g/mol. The highest BCUT2D eigenvalue weighted by Crippen LogP contribution is 2.65. The molecule has 6 aromatic carbocycles. The third-order valence-corrected chi connectivity index (χ3v) is 14.0. The van der Waals surface area contributed by atoms with E-state index in [1.54, 1.807) is 19.1 Å². The van der Waals surface area contributed by atoms with Crippen LogP contribution in [0.4, 0.5) is 5.69 Å². The van der Waals surface area contributed by atoms with Crippen molar-refractivity contribution in [3.63, 3.8) is 0 Å².